The highest BCUT2D eigenvalue weighted by molar-refractivity contribution is 9.10. The van der Waals surface area contributed by atoms with Crippen LogP contribution in [0.5, 0.6) is 0 Å². The third-order valence-electron chi connectivity index (χ3n) is 6.80. The standard InChI is InChI=1S/C29H31BrN4O4S2.ClH/c1-2-34(24-7-4-3-5-8-24)40(36,37)25-12-9-22(10-13-25)28(35)33(16-6-15-32-17-19-38-20-18-32)29-31-26-14-11-23(30)21-27(26)39-29;/h3-5,7-14,21H,2,6,15-20H2,1H3;1H. The zero-order valence-corrected chi connectivity index (χ0v) is 26.6. The summed E-state index contributed by atoms with van der Waals surface area (Å²) in [4.78, 5) is 22.8. The van der Waals surface area contributed by atoms with Crippen LogP contribution in [-0.4, -0.2) is 70.1 Å². The molecule has 1 fully saturated rings. The van der Waals surface area contributed by atoms with Crippen LogP contribution in [0.15, 0.2) is 82.2 Å². The van der Waals surface area contributed by atoms with Crippen LogP contribution in [0.3, 0.4) is 0 Å². The van der Waals surface area contributed by atoms with Gasteiger partial charge < -0.3 is 4.74 Å². The van der Waals surface area contributed by atoms with Gasteiger partial charge >= 0.3 is 0 Å². The maximum atomic E-state index is 13.8. The van der Waals surface area contributed by atoms with Crippen molar-refractivity contribution in [2.75, 3.05) is 55.1 Å². The quantitative estimate of drug-likeness (QED) is 0.203. The Balaban J connectivity index is 0.00000387. The highest BCUT2D eigenvalue weighted by Crippen LogP contribution is 2.32. The minimum atomic E-state index is -3.79. The molecule has 0 bridgehead atoms. The van der Waals surface area contributed by atoms with Crippen molar-refractivity contribution in [3.63, 3.8) is 0 Å². The molecule has 0 spiro atoms. The molecule has 41 heavy (non-hydrogen) atoms. The smallest absolute Gasteiger partial charge is 0.264 e. The molecule has 1 aliphatic rings. The number of benzene rings is 3. The predicted molar refractivity (Wildman–Crippen MR) is 171 cm³/mol. The van der Waals surface area contributed by atoms with Gasteiger partial charge in [-0.25, -0.2) is 13.4 Å². The molecule has 2 heterocycles. The van der Waals surface area contributed by atoms with E-state index >= 15 is 0 Å². The molecule has 0 saturated carbocycles. The Hall–Kier alpha value is -2.54. The molecule has 1 amide bonds. The van der Waals surface area contributed by atoms with Crippen LogP contribution in [0.4, 0.5) is 10.8 Å². The number of amides is 1. The van der Waals surface area contributed by atoms with Gasteiger partial charge in [-0.2, -0.15) is 0 Å². The van der Waals surface area contributed by atoms with Crippen molar-refractivity contribution >= 4 is 76.6 Å². The molecule has 1 aromatic heterocycles. The maximum Gasteiger partial charge on any atom is 0.264 e. The number of fused-ring (bicyclic) bond motifs is 1. The topological polar surface area (TPSA) is 83.1 Å². The van der Waals surface area contributed by atoms with Crippen LogP contribution in [0.2, 0.25) is 0 Å². The molecule has 12 heteroatoms. The van der Waals surface area contributed by atoms with Crippen LogP contribution in [0.25, 0.3) is 10.2 Å². The number of carbonyl (C=O) groups excluding carboxylic acids is 1. The van der Waals surface area contributed by atoms with Gasteiger partial charge in [0, 0.05) is 42.8 Å². The number of anilines is 2. The van der Waals surface area contributed by atoms with Crippen LogP contribution in [0, 0.1) is 0 Å². The van der Waals surface area contributed by atoms with Crippen LogP contribution in [0.1, 0.15) is 23.7 Å². The lowest BCUT2D eigenvalue weighted by atomic mass is 10.2. The molecule has 8 nitrogen and oxygen atoms in total. The van der Waals surface area contributed by atoms with Crippen molar-refractivity contribution in [3.8, 4) is 0 Å². The van der Waals surface area contributed by atoms with Gasteiger partial charge in [0.05, 0.1) is 34.0 Å². The molecular weight excluding hydrogens is 648 g/mol. The van der Waals surface area contributed by atoms with E-state index in [1.807, 2.05) is 36.4 Å². The minimum absolute atomic E-state index is 0. The van der Waals surface area contributed by atoms with E-state index in [-0.39, 0.29) is 29.8 Å². The lowest BCUT2D eigenvalue weighted by Gasteiger charge is -2.27. The van der Waals surface area contributed by atoms with E-state index in [0.29, 0.717) is 22.9 Å². The van der Waals surface area contributed by atoms with Gasteiger partial charge in [-0.3, -0.25) is 18.9 Å². The average molecular weight is 680 g/mol. The lowest BCUT2D eigenvalue weighted by Crippen LogP contribution is -2.39. The summed E-state index contributed by atoms with van der Waals surface area (Å²) < 4.78 is 35.6. The fourth-order valence-corrected chi connectivity index (χ4v) is 7.72. The number of rotatable bonds is 10. The van der Waals surface area contributed by atoms with E-state index in [2.05, 4.69) is 20.8 Å². The summed E-state index contributed by atoms with van der Waals surface area (Å²) in [7, 11) is -3.79. The Kier molecular flexibility index (Phi) is 10.8. The van der Waals surface area contributed by atoms with E-state index in [9.17, 15) is 13.2 Å². The largest absolute Gasteiger partial charge is 0.379 e. The first-order valence-electron chi connectivity index (χ1n) is 13.2. The molecule has 0 aliphatic carbocycles. The summed E-state index contributed by atoms with van der Waals surface area (Å²) in [5.41, 5.74) is 1.84. The molecular formula is C29H32BrClN4O4S2. The number of carbonyl (C=O) groups is 1. The van der Waals surface area contributed by atoms with Gasteiger partial charge in [0.15, 0.2) is 5.13 Å². The fourth-order valence-electron chi connectivity index (χ4n) is 4.70. The molecule has 0 unspecified atom stereocenters. The van der Waals surface area contributed by atoms with E-state index in [1.165, 1.54) is 27.8 Å². The van der Waals surface area contributed by atoms with Gasteiger partial charge in [-0.15, -0.1) is 12.4 Å². The number of hydrogen-bond acceptors (Lipinski definition) is 7. The number of para-hydroxylation sites is 1. The predicted octanol–water partition coefficient (Wildman–Crippen LogP) is 6.06. The zero-order chi connectivity index (χ0) is 28.1. The summed E-state index contributed by atoms with van der Waals surface area (Å²) in [5, 5.41) is 0.623. The monoisotopic (exact) mass is 678 g/mol. The second-order valence-corrected chi connectivity index (χ2v) is 13.2. The molecule has 0 N–H and O–H groups in total. The van der Waals surface area contributed by atoms with Crippen LogP contribution in [-0.2, 0) is 14.8 Å². The first-order valence-corrected chi connectivity index (χ1v) is 16.3. The summed E-state index contributed by atoms with van der Waals surface area (Å²) in [6, 6.07) is 21.1. The number of thiazole rings is 1. The van der Waals surface area contributed by atoms with Gasteiger partial charge in [0.25, 0.3) is 15.9 Å². The summed E-state index contributed by atoms with van der Waals surface area (Å²) in [6.45, 7) is 6.66. The second-order valence-electron chi connectivity index (χ2n) is 9.40. The lowest BCUT2D eigenvalue weighted by molar-refractivity contribution is 0.0376. The Morgan fingerprint density at radius 3 is 2.44 bits per heavy atom. The van der Waals surface area contributed by atoms with Crippen LogP contribution < -0.4 is 9.21 Å². The van der Waals surface area contributed by atoms with Crippen molar-refractivity contribution in [1.29, 1.82) is 0 Å². The van der Waals surface area contributed by atoms with Crippen molar-refractivity contribution in [2.24, 2.45) is 0 Å². The third-order valence-corrected chi connectivity index (χ3v) is 10.2. The Labute approximate surface area is 259 Å². The first kappa shape index (κ1) is 31.4. The normalized spacial score (nSPS) is 14.0. The Morgan fingerprint density at radius 1 is 1.05 bits per heavy atom. The minimum Gasteiger partial charge on any atom is -0.379 e. The van der Waals surface area contributed by atoms with Gasteiger partial charge in [-0.1, -0.05) is 45.5 Å². The molecule has 1 aliphatic heterocycles. The molecule has 0 atom stereocenters. The van der Waals surface area contributed by atoms with Gasteiger partial charge in [0.2, 0.25) is 0 Å². The van der Waals surface area contributed by atoms with E-state index in [0.717, 1.165) is 54.0 Å². The van der Waals surface area contributed by atoms with Gasteiger partial charge in [-0.05, 0) is 67.9 Å². The SMILES string of the molecule is CCN(c1ccccc1)S(=O)(=O)c1ccc(C(=O)N(CCCN2CCOCC2)c2nc3ccc(Br)cc3s2)cc1.Cl. The summed E-state index contributed by atoms with van der Waals surface area (Å²) >= 11 is 4.98. The van der Waals surface area contributed by atoms with Crippen molar-refractivity contribution in [3.05, 3.63) is 82.8 Å². The molecule has 5 rings (SSSR count). The number of sulfonamides is 1. The maximum absolute atomic E-state index is 13.8. The summed E-state index contributed by atoms with van der Waals surface area (Å²) in [5.74, 6) is -0.209. The van der Waals surface area contributed by atoms with Crippen molar-refractivity contribution < 1.29 is 17.9 Å². The van der Waals surface area contributed by atoms with E-state index < -0.39 is 10.0 Å². The van der Waals surface area contributed by atoms with Gasteiger partial charge in [0.1, 0.15) is 0 Å². The average Bonchev–Trinajstić information content (AvgIpc) is 3.39. The zero-order valence-electron chi connectivity index (χ0n) is 22.6. The number of hydrogen-bond donors (Lipinski definition) is 0. The molecule has 3 aromatic carbocycles. The number of aromatic nitrogens is 1. The highest BCUT2D eigenvalue weighted by Gasteiger charge is 2.26. The number of nitrogens with zero attached hydrogens (tertiary/aromatic N) is 4. The van der Waals surface area contributed by atoms with Crippen molar-refractivity contribution in [2.45, 2.75) is 18.2 Å². The molecule has 218 valence electrons. The first-order chi connectivity index (χ1) is 19.4. The van der Waals surface area contributed by atoms with Crippen LogP contribution >= 0.6 is 39.7 Å². The number of ether oxygens (including phenoxy) is 1. The molecule has 0 radical (unpaired) electrons. The second kappa shape index (κ2) is 14.1. The highest BCUT2D eigenvalue weighted by atomic mass is 79.9. The fraction of sp³-hybridized carbons (Fsp3) is 0.310. The third kappa shape index (κ3) is 7.28. The van der Waals surface area contributed by atoms with E-state index in [1.54, 1.807) is 36.1 Å². The Bertz CT molecular complexity index is 1560. The summed E-state index contributed by atoms with van der Waals surface area (Å²) in [6.07, 6.45) is 0.778. The number of halogens is 2. The molecule has 1 saturated heterocycles. The Morgan fingerprint density at radius 2 is 1.76 bits per heavy atom. The van der Waals surface area contributed by atoms with E-state index in [4.69, 9.17) is 9.72 Å². The molecule has 4 aromatic rings. The number of morpholine rings is 1. The van der Waals surface area contributed by atoms with Crippen molar-refractivity contribution in [1.82, 2.24) is 9.88 Å².